The number of oxime groups is 1. The molecule has 1 aromatic carbocycles. The van der Waals surface area contributed by atoms with Gasteiger partial charge in [0.05, 0.1) is 5.71 Å². The van der Waals surface area contributed by atoms with Gasteiger partial charge in [0.1, 0.15) is 0 Å². The minimum Gasteiger partial charge on any atom is -0.357 e. The topological polar surface area (TPSA) is 21.6 Å². The minimum atomic E-state index is 0.661. The Labute approximate surface area is 95.9 Å². The number of hydrogen-bond donors (Lipinski definition) is 0. The van der Waals surface area contributed by atoms with E-state index in [2.05, 4.69) is 12.1 Å². The van der Waals surface area contributed by atoms with Crippen LogP contribution in [0.25, 0.3) is 0 Å². The first kappa shape index (κ1) is 12.1. The molecule has 1 rings (SSSR count). The second-order valence-electron chi connectivity index (χ2n) is 3.48. The summed E-state index contributed by atoms with van der Waals surface area (Å²) >= 11 is 5.82. The summed E-state index contributed by atoms with van der Waals surface area (Å²) in [5, 5.41) is 4.69. The first-order valence-electron chi connectivity index (χ1n) is 5.18. The molecule has 0 aliphatic rings. The highest BCUT2D eigenvalue weighted by molar-refractivity contribution is 6.30. The van der Waals surface area contributed by atoms with E-state index < -0.39 is 0 Å². The van der Waals surface area contributed by atoms with Crippen LogP contribution in [-0.4, -0.2) is 5.71 Å². The highest BCUT2D eigenvalue weighted by atomic mass is 35.5. The molecule has 0 aliphatic heterocycles. The fourth-order valence-corrected chi connectivity index (χ4v) is 1.31. The van der Waals surface area contributed by atoms with Gasteiger partial charge in [0, 0.05) is 11.1 Å². The van der Waals surface area contributed by atoms with Crippen LogP contribution < -0.4 is 4.84 Å². The summed E-state index contributed by atoms with van der Waals surface area (Å²) in [6.07, 6.45) is 3.30. The molecular formula is C12H16ClNO. The van der Waals surface area contributed by atoms with Crippen LogP contribution in [0.2, 0.25) is 5.02 Å². The van der Waals surface area contributed by atoms with Crippen LogP contribution in [0.1, 0.15) is 33.1 Å². The molecule has 0 aromatic heterocycles. The molecule has 0 bridgehead atoms. The van der Waals surface area contributed by atoms with E-state index in [-0.39, 0.29) is 0 Å². The van der Waals surface area contributed by atoms with Gasteiger partial charge in [-0.05, 0) is 31.9 Å². The van der Waals surface area contributed by atoms with Crippen LogP contribution in [0.3, 0.4) is 0 Å². The molecule has 0 spiro atoms. The van der Waals surface area contributed by atoms with Crippen LogP contribution in [-0.2, 0) is 0 Å². The third kappa shape index (κ3) is 4.84. The van der Waals surface area contributed by atoms with Gasteiger partial charge >= 0.3 is 0 Å². The molecule has 82 valence electrons. The van der Waals surface area contributed by atoms with E-state index in [1.165, 1.54) is 6.42 Å². The molecule has 0 saturated heterocycles. The van der Waals surface area contributed by atoms with Crippen molar-refractivity contribution in [2.24, 2.45) is 5.16 Å². The van der Waals surface area contributed by atoms with Gasteiger partial charge in [-0.2, -0.15) is 0 Å². The zero-order valence-corrected chi connectivity index (χ0v) is 9.92. The van der Waals surface area contributed by atoms with Crippen LogP contribution >= 0.6 is 11.6 Å². The number of halogens is 1. The molecular weight excluding hydrogens is 210 g/mol. The Kier molecular flexibility index (Phi) is 5.19. The Morgan fingerprint density at radius 1 is 1.47 bits per heavy atom. The lowest BCUT2D eigenvalue weighted by Crippen LogP contribution is -1.94. The van der Waals surface area contributed by atoms with E-state index in [0.29, 0.717) is 10.8 Å². The number of nitrogens with zero attached hydrogens (tertiary/aromatic N) is 1. The minimum absolute atomic E-state index is 0.661. The normalized spacial score (nSPS) is 11.5. The molecule has 0 heterocycles. The molecule has 0 saturated carbocycles. The molecule has 0 amide bonds. The molecule has 2 nitrogen and oxygen atoms in total. The summed E-state index contributed by atoms with van der Waals surface area (Å²) in [6, 6.07) is 7.23. The van der Waals surface area contributed by atoms with Gasteiger partial charge in [0.2, 0.25) is 0 Å². The summed E-state index contributed by atoms with van der Waals surface area (Å²) < 4.78 is 0. The first-order chi connectivity index (χ1) is 7.22. The van der Waals surface area contributed by atoms with Crippen LogP contribution in [0.5, 0.6) is 5.75 Å². The third-order valence-corrected chi connectivity index (χ3v) is 2.23. The third-order valence-electron chi connectivity index (χ3n) is 2.00. The highest BCUT2D eigenvalue weighted by Gasteiger charge is 1.95. The molecule has 15 heavy (non-hydrogen) atoms. The van der Waals surface area contributed by atoms with Crippen molar-refractivity contribution in [1.82, 2.24) is 0 Å². The Balaban J connectivity index is 2.48. The SMILES string of the molecule is CCCC/C(C)=N/Oc1cccc(Cl)c1. The summed E-state index contributed by atoms with van der Waals surface area (Å²) in [6.45, 7) is 4.13. The average molecular weight is 226 g/mol. The van der Waals surface area contributed by atoms with E-state index >= 15 is 0 Å². The van der Waals surface area contributed by atoms with Crippen molar-refractivity contribution in [2.45, 2.75) is 33.1 Å². The maximum absolute atomic E-state index is 5.82. The largest absolute Gasteiger partial charge is 0.357 e. The number of unbranched alkanes of at least 4 members (excludes halogenated alkanes) is 1. The Morgan fingerprint density at radius 2 is 2.27 bits per heavy atom. The predicted octanol–water partition coefficient (Wildman–Crippen LogP) is 4.28. The van der Waals surface area contributed by atoms with Crippen molar-refractivity contribution in [3.05, 3.63) is 29.3 Å². The lowest BCUT2D eigenvalue weighted by Gasteiger charge is -2.01. The molecule has 0 radical (unpaired) electrons. The van der Waals surface area contributed by atoms with E-state index in [1.807, 2.05) is 25.1 Å². The monoisotopic (exact) mass is 225 g/mol. The lowest BCUT2D eigenvalue weighted by molar-refractivity contribution is 0.339. The zero-order chi connectivity index (χ0) is 11.1. The van der Waals surface area contributed by atoms with Gasteiger partial charge in [-0.1, -0.05) is 36.2 Å². The maximum Gasteiger partial charge on any atom is 0.159 e. The number of hydrogen-bond acceptors (Lipinski definition) is 2. The van der Waals surface area contributed by atoms with Crippen molar-refractivity contribution < 1.29 is 4.84 Å². The average Bonchev–Trinajstić information content (AvgIpc) is 2.23. The van der Waals surface area contributed by atoms with Gasteiger partial charge < -0.3 is 4.84 Å². The Hall–Kier alpha value is -1.02. The first-order valence-corrected chi connectivity index (χ1v) is 5.56. The Bertz CT molecular complexity index is 336. The zero-order valence-electron chi connectivity index (χ0n) is 9.16. The maximum atomic E-state index is 5.82. The van der Waals surface area contributed by atoms with Gasteiger partial charge in [-0.15, -0.1) is 0 Å². The van der Waals surface area contributed by atoms with E-state index in [9.17, 15) is 0 Å². The van der Waals surface area contributed by atoms with E-state index in [4.69, 9.17) is 16.4 Å². The summed E-state index contributed by atoms with van der Waals surface area (Å²) in [5.41, 5.74) is 1.01. The van der Waals surface area contributed by atoms with Crippen molar-refractivity contribution in [3.63, 3.8) is 0 Å². The molecule has 1 aromatic rings. The number of rotatable bonds is 5. The summed E-state index contributed by atoms with van der Waals surface area (Å²) in [7, 11) is 0. The molecule has 0 N–H and O–H groups in total. The predicted molar refractivity (Wildman–Crippen MR) is 64.7 cm³/mol. The van der Waals surface area contributed by atoms with Gasteiger partial charge in [0.25, 0.3) is 0 Å². The lowest BCUT2D eigenvalue weighted by atomic mass is 10.2. The molecule has 3 heteroatoms. The second kappa shape index (κ2) is 6.46. The second-order valence-corrected chi connectivity index (χ2v) is 3.92. The van der Waals surface area contributed by atoms with Crippen LogP contribution in [0.4, 0.5) is 0 Å². The fraction of sp³-hybridized carbons (Fsp3) is 0.417. The van der Waals surface area contributed by atoms with Crippen molar-refractivity contribution in [3.8, 4) is 5.75 Å². The van der Waals surface area contributed by atoms with Crippen molar-refractivity contribution in [2.75, 3.05) is 0 Å². The van der Waals surface area contributed by atoms with E-state index in [0.717, 1.165) is 18.6 Å². The quantitative estimate of drug-likeness (QED) is 0.541. The van der Waals surface area contributed by atoms with Gasteiger partial charge in [-0.3, -0.25) is 0 Å². The molecule has 0 aliphatic carbocycles. The van der Waals surface area contributed by atoms with Gasteiger partial charge in [0.15, 0.2) is 5.75 Å². The Morgan fingerprint density at radius 3 is 2.93 bits per heavy atom. The fourth-order valence-electron chi connectivity index (χ4n) is 1.13. The smallest absolute Gasteiger partial charge is 0.159 e. The van der Waals surface area contributed by atoms with E-state index in [1.54, 1.807) is 6.07 Å². The number of benzene rings is 1. The molecule has 0 fully saturated rings. The molecule has 0 atom stereocenters. The highest BCUT2D eigenvalue weighted by Crippen LogP contribution is 2.17. The summed E-state index contributed by atoms with van der Waals surface area (Å²) in [5.74, 6) is 0.679. The van der Waals surface area contributed by atoms with Crippen LogP contribution in [0.15, 0.2) is 29.4 Å². The van der Waals surface area contributed by atoms with Crippen molar-refractivity contribution >= 4 is 17.3 Å². The van der Waals surface area contributed by atoms with Crippen molar-refractivity contribution in [1.29, 1.82) is 0 Å². The molecule has 0 unspecified atom stereocenters. The standard InChI is InChI=1S/C12H16ClNO/c1-3-4-6-10(2)14-15-12-8-5-7-11(13)9-12/h5,7-9H,3-4,6H2,1-2H3/b14-10+. The van der Waals surface area contributed by atoms with Crippen LogP contribution in [0, 0.1) is 0 Å². The summed E-state index contributed by atoms with van der Waals surface area (Å²) in [4.78, 5) is 5.25. The van der Waals surface area contributed by atoms with Gasteiger partial charge in [-0.25, -0.2) is 0 Å².